The van der Waals surface area contributed by atoms with Gasteiger partial charge in [0.15, 0.2) is 23.2 Å². The summed E-state index contributed by atoms with van der Waals surface area (Å²) in [6.07, 6.45) is 0. The highest BCUT2D eigenvalue weighted by molar-refractivity contribution is 8.15. The summed E-state index contributed by atoms with van der Waals surface area (Å²) in [5.74, 6) is 1.74. The molecule has 2 saturated heterocycles. The maximum atomic E-state index is 12.0. The lowest BCUT2D eigenvalue weighted by Gasteiger charge is -2.29. The molecule has 0 saturated carbocycles. The van der Waals surface area contributed by atoms with E-state index in [-0.39, 0.29) is 11.8 Å². The standard InChI is InChI=1S/C17H20N4O4S/c22-15(18-17-19-16(23)10-26-17)9-21-5-3-20(4-6-21)8-12-1-2-13-14(7-12)25-11-24-13/h1-2,7H,3-6,8-11H2,(H,18,19,22,23)/p+2. The van der Waals surface area contributed by atoms with Crippen LogP contribution >= 0.6 is 11.8 Å². The molecule has 3 aliphatic heterocycles. The third-order valence-corrected chi connectivity index (χ3v) is 5.64. The van der Waals surface area contributed by atoms with Crippen molar-refractivity contribution in [3.05, 3.63) is 23.8 Å². The molecule has 138 valence electrons. The summed E-state index contributed by atoms with van der Waals surface area (Å²) in [7, 11) is 0. The minimum Gasteiger partial charge on any atom is -0.454 e. The van der Waals surface area contributed by atoms with E-state index in [4.69, 9.17) is 9.47 Å². The smallest absolute Gasteiger partial charge is 0.303 e. The number of fused-ring (bicyclic) bond motifs is 1. The lowest BCUT2D eigenvalue weighted by Crippen LogP contribution is -3.27. The number of ether oxygens (including phenoxy) is 2. The van der Waals surface area contributed by atoms with Crippen molar-refractivity contribution in [2.45, 2.75) is 6.54 Å². The third kappa shape index (κ3) is 4.17. The molecule has 0 aliphatic carbocycles. The van der Waals surface area contributed by atoms with Gasteiger partial charge in [0.05, 0.1) is 5.75 Å². The number of hydrogen-bond acceptors (Lipinski definition) is 5. The molecule has 0 unspecified atom stereocenters. The first-order valence-corrected chi connectivity index (χ1v) is 9.74. The number of aliphatic imine (C=N–C) groups is 1. The average molecular weight is 378 g/mol. The van der Waals surface area contributed by atoms with Crippen molar-refractivity contribution >= 4 is 28.7 Å². The van der Waals surface area contributed by atoms with Crippen LogP contribution in [-0.4, -0.2) is 62.3 Å². The van der Waals surface area contributed by atoms with Crippen LogP contribution in [0.15, 0.2) is 23.2 Å². The minimum absolute atomic E-state index is 0.0883. The number of amides is 2. The Labute approximate surface area is 155 Å². The molecule has 26 heavy (non-hydrogen) atoms. The SMILES string of the molecule is O=C(C[NH+]1CC[NH+](Cc2ccc3c(c2)OCO3)CC1)N=C1NC(=O)CS1. The van der Waals surface area contributed by atoms with E-state index >= 15 is 0 Å². The number of amidine groups is 1. The Balaban J connectivity index is 1.24. The van der Waals surface area contributed by atoms with E-state index in [0.29, 0.717) is 24.3 Å². The second-order valence-corrected chi connectivity index (χ2v) is 7.65. The molecule has 3 N–H and O–H groups in total. The summed E-state index contributed by atoms with van der Waals surface area (Å²) in [5.41, 5.74) is 1.24. The Morgan fingerprint density at radius 1 is 1.15 bits per heavy atom. The summed E-state index contributed by atoms with van der Waals surface area (Å²) in [6, 6.07) is 6.12. The quantitative estimate of drug-likeness (QED) is 0.537. The molecule has 1 aromatic rings. The molecule has 3 aliphatic rings. The lowest BCUT2D eigenvalue weighted by atomic mass is 10.1. The summed E-state index contributed by atoms with van der Waals surface area (Å²) in [6.45, 7) is 5.54. The van der Waals surface area contributed by atoms with E-state index in [1.165, 1.54) is 27.1 Å². The van der Waals surface area contributed by atoms with Crippen LogP contribution in [0.1, 0.15) is 5.56 Å². The van der Waals surface area contributed by atoms with Crippen molar-refractivity contribution < 1.29 is 28.9 Å². The molecule has 0 radical (unpaired) electrons. The molecular weight excluding hydrogens is 356 g/mol. The second kappa shape index (κ2) is 7.65. The predicted molar refractivity (Wildman–Crippen MR) is 95.6 cm³/mol. The highest BCUT2D eigenvalue weighted by atomic mass is 32.2. The number of benzene rings is 1. The van der Waals surface area contributed by atoms with Gasteiger partial charge < -0.3 is 24.6 Å². The number of quaternary nitrogens is 2. The van der Waals surface area contributed by atoms with E-state index < -0.39 is 0 Å². The zero-order chi connectivity index (χ0) is 17.9. The van der Waals surface area contributed by atoms with Gasteiger partial charge in [-0.1, -0.05) is 11.8 Å². The van der Waals surface area contributed by atoms with Crippen molar-refractivity contribution in [3.8, 4) is 11.5 Å². The number of nitrogens with zero attached hydrogens (tertiary/aromatic N) is 1. The van der Waals surface area contributed by atoms with Crippen molar-refractivity contribution in [3.63, 3.8) is 0 Å². The molecule has 0 aromatic heterocycles. The number of piperazine rings is 1. The van der Waals surface area contributed by atoms with Crippen LogP contribution < -0.4 is 24.6 Å². The summed E-state index contributed by atoms with van der Waals surface area (Å²) < 4.78 is 10.8. The third-order valence-electron chi connectivity index (χ3n) is 4.77. The predicted octanol–water partition coefficient (Wildman–Crippen LogP) is -2.56. The first-order valence-electron chi connectivity index (χ1n) is 8.75. The number of rotatable bonds is 4. The first-order chi connectivity index (χ1) is 12.7. The summed E-state index contributed by atoms with van der Waals surface area (Å²) >= 11 is 1.29. The fraction of sp³-hybridized carbons (Fsp3) is 0.471. The molecule has 9 heteroatoms. The number of hydrogen-bond donors (Lipinski definition) is 3. The number of thioether (sulfide) groups is 1. The molecule has 8 nitrogen and oxygen atoms in total. The van der Waals surface area contributed by atoms with Crippen molar-refractivity contribution in [1.82, 2.24) is 5.32 Å². The van der Waals surface area contributed by atoms with Gasteiger partial charge in [-0.2, -0.15) is 4.99 Å². The molecule has 2 fully saturated rings. The van der Waals surface area contributed by atoms with Gasteiger partial charge in [-0.3, -0.25) is 9.59 Å². The Morgan fingerprint density at radius 2 is 1.92 bits per heavy atom. The average Bonchev–Trinajstić information content (AvgIpc) is 3.25. The van der Waals surface area contributed by atoms with Crippen LogP contribution in [0.25, 0.3) is 0 Å². The maximum absolute atomic E-state index is 12.0. The number of carbonyl (C=O) groups is 2. The van der Waals surface area contributed by atoms with Crippen LogP contribution in [0, 0.1) is 0 Å². The zero-order valence-electron chi connectivity index (χ0n) is 14.4. The van der Waals surface area contributed by atoms with E-state index in [1.54, 1.807) is 0 Å². The van der Waals surface area contributed by atoms with E-state index in [9.17, 15) is 9.59 Å². The monoisotopic (exact) mass is 378 g/mol. The van der Waals surface area contributed by atoms with Gasteiger partial charge in [0.1, 0.15) is 32.7 Å². The van der Waals surface area contributed by atoms with Gasteiger partial charge >= 0.3 is 5.91 Å². The van der Waals surface area contributed by atoms with Crippen LogP contribution in [-0.2, 0) is 16.1 Å². The van der Waals surface area contributed by atoms with Gasteiger partial charge in [0, 0.05) is 5.56 Å². The van der Waals surface area contributed by atoms with Crippen LogP contribution in [0.3, 0.4) is 0 Å². The molecule has 4 rings (SSSR count). The number of nitrogens with one attached hydrogen (secondary N) is 3. The normalized spacial score (nSPS) is 26.2. The van der Waals surface area contributed by atoms with E-state index in [1.807, 2.05) is 6.07 Å². The summed E-state index contributed by atoms with van der Waals surface area (Å²) in [4.78, 5) is 29.9. The lowest BCUT2D eigenvalue weighted by molar-refractivity contribution is -1.02. The van der Waals surface area contributed by atoms with Crippen molar-refractivity contribution in [2.24, 2.45) is 4.99 Å². The Hall–Kier alpha value is -2.10. The van der Waals surface area contributed by atoms with Crippen LogP contribution in [0.2, 0.25) is 0 Å². The van der Waals surface area contributed by atoms with E-state index in [2.05, 4.69) is 22.4 Å². The van der Waals surface area contributed by atoms with Gasteiger partial charge in [0.2, 0.25) is 12.7 Å². The number of carbonyl (C=O) groups excluding carboxylic acids is 2. The van der Waals surface area contributed by atoms with Crippen molar-refractivity contribution in [2.75, 3.05) is 45.3 Å². The molecular formula is C17H22N4O4S+2. The Kier molecular flexibility index (Phi) is 5.09. The van der Waals surface area contributed by atoms with Gasteiger partial charge in [0.25, 0.3) is 0 Å². The molecule has 3 heterocycles. The van der Waals surface area contributed by atoms with Crippen molar-refractivity contribution in [1.29, 1.82) is 0 Å². The Morgan fingerprint density at radius 3 is 2.69 bits per heavy atom. The van der Waals surface area contributed by atoms with Gasteiger partial charge in [-0.25, -0.2) is 0 Å². The zero-order valence-corrected chi connectivity index (χ0v) is 15.2. The highest BCUT2D eigenvalue weighted by Gasteiger charge is 2.26. The van der Waals surface area contributed by atoms with Crippen LogP contribution in [0.4, 0.5) is 0 Å². The maximum Gasteiger partial charge on any atom is 0.303 e. The molecule has 0 bridgehead atoms. The minimum atomic E-state index is -0.163. The Bertz CT molecular complexity index is 746. The van der Waals surface area contributed by atoms with E-state index in [0.717, 1.165) is 44.2 Å². The molecule has 0 atom stereocenters. The molecule has 0 spiro atoms. The largest absolute Gasteiger partial charge is 0.454 e. The molecule has 2 amide bonds. The van der Waals surface area contributed by atoms with Crippen LogP contribution in [0.5, 0.6) is 11.5 Å². The van der Waals surface area contributed by atoms with Gasteiger partial charge in [-0.15, -0.1) is 0 Å². The fourth-order valence-electron chi connectivity index (χ4n) is 3.40. The molecule has 1 aromatic carbocycles. The fourth-order valence-corrected chi connectivity index (χ4v) is 4.09. The summed E-state index contributed by atoms with van der Waals surface area (Å²) in [5, 5.41) is 3.03. The second-order valence-electron chi connectivity index (χ2n) is 6.69. The first kappa shape index (κ1) is 17.3. The highest BCUT2D eigenvalue weighted by Crippen LogP contribution is 2.32. The topological polar surface area (TPSA) is 85.9 Å². The van der Waals surface area contributed by atoms with Gasteiger partial charge in [-0.05, 0) is 18.2 Å².